The van der Waals surface area contributed by atoms with Crippen LogP contribution in [0.15, 0.2) is 0 Å². The highest BCUT2D eigenvalue weighted by molar-refractivity contribution is 7.44. The predicted molar refractivity (Wildman–Crippen MR) is 49.3 cm³/mol. The van der Waals surface area contributed by atoms with Gasteiger partial charge in [-0.2, -0.15) is 0 Å². The lowest BCUT2D eigenvalue weighted by Gasteiger charge is -2.09. The number of hydrogen-bond donors (Lipinski definition) is 3. The summed E-state index contributed by atoms with van der Waals surface area (Å²) in [5.74, 6) is -0.941. The minimum atomic E-state index is -1.64. The minimum Gasteiger partial charge on any atom is -0.480 e. The smallest absolute Gasteiger partial charge is 0.366 e. The first kappa shape index (κ1) is 12.5. The summed E-state index contributed by atoms with van der Waals surface area (Å²) in [6, 6.07) is -0.657. The SMILES string of the molecule is CCN[C@@H](CC[P+](=O)CO)C(=O)O. The van der Waals surface area contributed by atoms with Crippen molar-refractivity contribution in [3.05, 3.63) is 0 Å². The Hall–Kier alpha value is -0.510. The second-order valence-electron chi connectivity index (χ2n) is 2.58. The van der Waals surface area contributed by atoms with Crippen LogP contribution in [0.25, 0.3) is 0 Å². The van der Waals surface area contributed by atoms with Crippen molar-refractivity contribution in [2.75, 3.05) is 19.1 Å². The van der Waals surface area contributed by atoms with E-state index in [2.05, 4.69) is 5.32 Å². The van der Waals surface area contributed by atoms with Crippen molar-refractivity contribution in [1.29, 1.82) is 0 Å². The number of aliphatic hydroxyl groups is 1. The topological polar surface area (TPSA) is 86.6 Å². The fraction of sp³-hybridized carbons (Fsp3) is 0.857. The maximum absolute atomic E-state index is 10.8. The van der Waals surface area contributed by atoms with Crippen molar-refractivity contribution >= 4 is 13.8 Å². The molecule has 0 aromatic rings. The highest BCUT2D eigenvalue weighted by Crippen LogP contribution is 2.19. The average molecular weight is 208 g/mol. The van der Waals surface area contributed by atoms with Crippen molar-refractivity contribution in [1.82, 2.24) is 5.32 Å². The molecule has 76 valence electrons. The van der Waals surface area contributed by atoms with Crippen LogP contribution in [0.2, 0.25) is 0 Å². The molecule has 0 aromatic carbocycles. The van der Waals surface area contributed by atoms with E-state index in [9.17, 15) is 9.36 Å². The summed E-state index contributed by atoms with van der Waals surface area (Å²) in [7, 11) is -1.64. The molecular weight excluding hydrogens is 193 g/mol. The summed E-state index contributed by atoms with van der Waals surface area (Å²) >= 11 is 0. The number of rotatable bonds is 7. The maximum atomic E-state index is 10.8. The maximum Gasteiger partial charge on any atom is 0.366 e. The van der Waals surface area contributed by atoms with Gasteiger partial charge in [-0.25, -0.2) is 0 Å². The molecule has 0 bridgehead atoms. The molecule has 0 aliphatic rings. The largest absolute Gasteiger partial charge is 0.480 e. The molecule has 0 fully saturated rings. The van der Waals surface area contributed by atoms with Crippen LogP contribution in [0.3, 0.4) is 0 Å². The van der Waals surface area contributed by atoms with E-state index in [1.54, 1.807) is 0 Å². The molecule has 0 rings (SSSR count). The average Bonchev–Trinajstić information content (AvgIpc) is 2.11. The molecule has 0 saturated heterocycles. The fourth-order valence-corrected chi connectivity index (χ4v) is 1.59. The zero-order valence-corrected chi connectivity index (χ0v) is 8.46. The van der Waals surface area contributed by atoms with Gasteiger partial charge in [0, 0.05) is 6.42 Å². The van der Waals surface area contributed by atoms with Crippen molar-refractivity contribution in [2.24, 2.45) is 0 Å². The van der Waals surface area contributed by atoms with Gasteiger partial charge in [0.05, 0.1) is 0 Å². The molecule has 13 heavy (non-hydrogen) atoms. The number of hydrogen-bond acceptors (Lipinski definition) is 4. The van der Waals surface area contributed by atoms with Crippen LogP contribution >= 0.6 is 7.80 Å². The van der Waals surface area contributed by atoms with Crippen LogP contribution in [0.5, 0.6) is 0 Å². The van der Waals surface area contributed by atoms with Crippen LogP contribution in [0.1, 0.15) is 13.3 Å². The summed E-state index contributed by atoms with van der Waals surface area (Å²) < 4.78 is 10.8. The van der Waals surface area contributed by atoms with E-state index in [4.69, 9.17) is 10.2 Å². The lowest BCUT2D eigenvalue weighted by Crippen LogP contribution is -2.36. The molecule has 0 amide bonds. The molecule has 0 heterocycles. The highest BCUT2D eigenvalue weighted by Gasteiger charge is 2.21. The third-order valence-electron chi connectivity index (χ3n) is 1.57. The Balaban J connectivity index is 3.82. The number of aliphatic hydroxyl groups excluding tert-OH is 1. The van der Waals surface area contributed by atoms with E-state index in [-0.39, 0.29) is 12.5 Å². The molecule has 0 aliphatic carbocycles. The Morgan fingerprint density at radius 1 is 1.62 bits per heavy atom. The second-order valence-corrected chi connectivity index (χ2v) is 4.28. The Bertz CT molecular complexity index is 185. The Kier molecular flexibility index (Phi) is 6.68. The van der Waals surface area contributed by atoms with Crippen molar-refractivity contribution < 1.29 is 19.6 Å². The number of carbonyl (C=O) groups is 1. The van der Waals surface area contributed by atoms with Gasteiger partial charge >= 0.3 is 13.8 Å². The number of carboxylic acid groups (broad SMARTS) is 1. The van der Waals surface area contributed by atoms with Crippen LogP contribution in [-0.2, 0) is 9.36 Å². The quantitative estimate of drug-likeness (QED) is 0.521. The van der Waals surface area contributed by atoms with Gasteiger partial charge in [0.1, 0.15) is 6.04 Å². The molecule has 2 atom stereocenters. The van der Waals surface area contributed by atoms with Crippen LogP contribution in [-0.4, -0.2) is 41.3 Å². The molecule has 0 radical (unpaired) electrons. The first-order valence-corrected chi connectivity index (χ1v) is 5.74. The van der Waals surface area contributed by atoms with Gasteiger partial charge in [-0.1, -0.05) is 11.5 Å². The van der Waals surface area contributed by atoms with E-state index in [0.29, 0.717) is 13.0 Å². The first-order chi connectivity index (χ1) is 6.11. The van der Waals surface area contributed by atoms with E-state index >= 15 is 0 Å². The zero-order chi connectivity index (χ0) is 10.3. The Morgan fingerprint density at radius 2 is 2.23 bits per heavy atom. The fourth-order valence-electron chi connectivity index (χ4n) is 0.903. The second kappa shape index (κ2) is 6.95. The molecule has 0 aromatic heterocycles. The third kappa shape index (κ3) is 5.69. The summed E-state index contributed by atoms with van der Waals surface area (Å²) in [5.41, 5.74) is 0. The summed E-state index contributed by atoms with van der Waals surface area (Å²) in [5, 5.41) is 19.9. The number of nitrogens with one attached hydrogen (secondary N) is 1. The Labute approximate surface area is 77.9 Å². The standard InChI is InChI=1S/C7H14NO4P/c1-2-8-6(7(10)11)3-4-13(12)5-9/h6,8-9H,2-5H2,1H3/p+1/t6-/m0/s1. The molecule has 6 heteroatoms. The van der Waals surface area contributed by atoms with Crippen molar-refractivity contribution in [3.8, 4) is 0 Å². The summed E-state index contributed by atoms with van der Waals surface area (Å²) in [6.45, 7) is 2.37. The lowest BCUT2D eigenvalue weighted by atomic mass is 10.2. The van der Waals surface area contributed by atoms with Gasteiger partial charge in [-0.15, -0.1) is 0 Å². The first-order valence-electron chi connectivity index (χ1n) is 4.11. The van der Waals surface area contributed by atoms with Crippen LogP contribution in [0, 0.1) is 0 Å². The van der Waals surface area contributed by atoms with Crippen molar-refractivity contribution in [2.45, 2.75) is 19.4 Å². The van der Waals surface area contributed by atoms with Gasteiger partial charge in [-0.3, -0.25) is 4.79 Å². The monoisotopic (exact) mass is 208 g/mol. The third-order valence-corrected chi connectivity index (χ3v) is 2.65. The summed E-state index contributed by atoms with van der Waals surface area (Å²) in [4.78, 5) is 10.6. The number of likely N-dealkylation sites (N-methyl/N-ethyl adjacent to an activating group) is 1. The van der Waals surface area contributed by atoms with Gasteiger partial charge in [0.25, 0.3) is 0 Å². The predicted octanol–water partition coefficient (Wildman–Crippen LogP) is 0.216. The zero-order valence-electron chi connectivity index (χ0n) is 7.56. The molecule has 5 nitrogen and oxygen atoms in total. The number of aliphatic carboxylic acids is 1. The normalized spacial score (nSPS) is 13.8. The van der Waals surface area contributed by atoms with E-state index in [1.165, 1.54) is 0 Å². The molecular formula is C7H15NO4P+. The van der Waals surface area contributed by atoms with E-state index < -0.39 is 19.8 Å². The van der Waals surface area contributed by atoms with Crippen LogP contribution < -0.4 is 5.32 Å². The van der Waals surface area contributed by atoms with Gasteiger partial charge < -0.3 is 15.5 Å². The molecule has 0 saturated carbocycles. The van der Waals surface area contributed by atoms with Gasteiger partial charge in [0.2, 0.25) is 6.35 Å². The number of carboxylic acids is 1. The van der Waals surface area contributed by atoms with E-state index in [1.807, 2.05) is 6.92 Å². The highest BCUT2D eigenvalue weighted by atomic mass is 31.1. The van der Waals surface area contributed by atoms with Crippen molar-refractivity contribution in [3.63, 3.8) is 0 Å². The van der Waals surface area contributed by atoms with E-state index in [0.717, 1.165) is 0 Å². The summed E-state index contributed by atoms with van der Waals surface area (Å²) in [6.07, 6.45) is 0.169. The molecule has 0 spiro atoms. The van der Waals surface area contributed by atoms with Gasteiger partial charge in [-0.05, 0) is 6.54 Å². The minimum absolute atomic E-state index is 0.246. The molecule has 1 unspecified atom stereocenters. The van der Waals surface area contributed by atoms with Crippen LogP contribution in [0.4, 0.5) is 0 Å². The molecule has 3 N–H and O–H groups in total. The lowest BCUT2D eigenvalue weighted by molar-refractivity contribution is -0.139. The Morgan fingerprint density at radius 3 is 2.62 bits per heavy atom. The molecule has 0 aliphatic heterocycles. The van der Waals surface area contributed by atoms with Gasteiger partial charge in [0.15, 0.2) is 6.16 Å².